The first-order valence-corrected chi connectivity index (χ1v) is 5.26. The van der Waals surface area contributed by atoms with Gasteiger partial charge in [-0.15, -0.1) is 0 Å². The Bertz CT molecular complexity index is 153. The zero-order valence-electron chi connectivity index (χ0n) is 8.07. The van der Waals surface area contributed by atoms with Crippen molar-refractivity contribution in [1.29, 1.82) is 0 Å². The number of carbonyl (C=O) groups is 1. The van der Waals surface area contributed by atoms with Gasteiger partial charge in [0.1, 0.15) is 6.04 Å². The fourth-order valence-electron chi connectivity index (χ4n) is 1.07. The number of rotatable bonds is 7. The summed E-state index contributed by atoms with van der Waals surface area (Å²) in [5.41, 5.74) is 5.35. The van der Waals surface area contributed by atoms with Crippen LogP contribution in [0.3, 0.4) is 0 Å². The van der Waals surface area contributed by atoms with E-state index < -0.39 is 12.0 Å². The van der Waals surface area contributed by atoms with E-state index in [0.29, 0.717) is 11.7 Å². The number of thiol groups is 1. The first-order valence-electron chi connectivity index (χ1n) is 4.74. The largest absolute Gasteiger partial charge is 0.480 e. The molecule has 2 unspecified atom stereocenters. The highest BCUT2D eigenvalue weighted by Gasteiger charge is 2.10. The van der Waals surface area contributed by atoms with Crippen LogP contribution in [-0.4, -0.2) is 22.4 Å². The number of carboxylic acid groups (broad SMARTS) is 1. The molecule has 2 atom stereocenters. The summed E-state index contributed by atoms with van der Waals surface area (Å²) >= 11 is 4.35. The molecule has 0 spiro atoms. The number of carboxylic acids is 1. The first kappa shape index (κ1) is 12.8. The normalized spacial score (nSPS) is 15.3. The lowest BCUT2D eigenvalue weighted by Gasteiger charge is -2.08. The van der Waals surface area contributed by atoms with Crippen LogP contribution in [0.15, 0.2) is 0 Å². The molecule has 0 aromatic carbocycles. The molecule has 0 radical (unpaired) electrons. The lowest BCUT2D eigenvalue weighted by Crippen LogP contribution is -2.29. The van der Waals surface area contributed by atoms with Crippen LogP contribution in [-0.2, 0) is 4.79 Å². The molecular weight excluding hydrogens is 186 g/mol. The Morgan fingerprint density at radius 3 is 2.46 bits per heavy atom. The quantitative estimate of drug-likeness (QED) is 0.437. The third-order valence-corrected chi connectivity index (χ3v) is 2.71. The Labute approximate surface area is 85.1 Å². The fraction of sp³-hybridized carbons (Fsp3) is 0.889. The first-order chi connectivity index (χ1) is 6.07. The van der Waals surface area contributed by atoms with Crippen LogP contribution in [0.25, 0.3) is 0 Å². The minimum atomic E-state index is -0.905. The van der Waals surface area contributed by atoms with Gasteiger partial charge in [0.2, 0.25) is 0 Å². The molecule has 0 saturated heterocycles. The van der Waals surface area contributed by atoms with Gasteiger partial charge < -0.3 is 10.8 Å². The van der Waals surface area contributed by atoms with Gasteiger partial charge in [-0.2, -0.15) is 12.6 Å². The molecule has 0 aliphatic carbocycles. The minimum Gasteiger partial charge on any atom is -0.480 e. The van der Waals surface area contributed by atoms with Gasteiger partial charge in [-0.25, -0.2) is 0 Å². The smallest absolute Gasteiger partial charge is 0.320 e. The predicted octanol–water partition coefficient (Wildman–Crippen LogP) is 1.67. The molecule has 0 saturated carbocycles. The number of unbranched alkanes of at least 4 members (excludes halogenated alkanes) is 1. The van der Waals surface area contributed by atoms with Gasteiger partial charge in [0.05, 0.1) is 0 Å². The average Bonchev–Trinajstić information content (AvgIpc) is 2.11. The Hall–Kier alpha value is -0.220. The highest BCUT2D eigenvalue weighted by Crippen LogP contribution is 2.11. The standard InChI is InChI=1S/C9H19NO2S/c1-2-7(13)5-3-4-6-8(10)9(11)12/h7-8,13H,2-6,10H2,1H3,(H,11,12). The molecule has 4 heteroatoms. The highest BCUT2D eigenvalue weighted by atomic mass is 32.1. The Morgan fingerprint density at radius 2 is 2.00 bits per heavy atom. The monoisotopic (exact) mass is 205 g/mol. The topological polar surface area (TPSA) is 63.3 Å². The summed E-state index contributed by atoms with van der Waals surface area (Å²) in [5, 5.41) is 8.94. The molecule has 0 amide bonds. The van der Waals surface area contributed by atoms with E-state index in [0.717, 1.165) is 25.7 Å². The van der Waals surface area contributed by atoms with Gasteiger partial charge >= 0.3 is 5.97 Å². The van der Waals surface area contributed by atoms with Crippen LogP contribution in [0.1, 0.15) is 39.0 Å². The summed E-state index contributed by atoms with van der Waals surface area (Å²) in [6, 6.07) is -0.694. The van der Waals surface area contributed by atoms with E-state index in [1.807, 2.05) is 0 Å². The third-order valence-electron chi connectivity index (χ3n) is 2.09. The van der Waals surface area contributed by atoms with Crippen molar-refractivity contribution < 1.29 is 9.90 Å². The van der Waals surface area contributed by atoms with Gasteiger partial charge in [0, 0.05) is 5.25 Å². The Morgan fingerprint density at radius 1 is 1.46 bits per heavy atom. The molecule has 0 aromatic rings. The van der Waals surface area contributed by atoms with Crippen molar-refractivity contribution in [1.82, 2.24) is 0 Å². The maximum Gasteiger partial charge on any atom is 0.320 e. The SMILES string of the molecule is CCC(S)CCCCC(N)C(=O)O. The summed E-state index contributed by atoms with van der Waals surface area (Å²) in [4.78, 5) is 10.3. The molecule has 0 bridgehead atoms. The molecule has 3 N–H and O–H groups in total. The van der Waals surface area contributed by atoms with E-state index in [1.165, 1.54) is 0 Å². The predicted molar refractivity (Wildman–Crippen MR) is 57.1 cm³/mol. The number of hydrogen-bond donors (Lipinski definition) is 3. The average molecular weight is 205 g/mol. The molecular formula is C9H19NO2S. The summed E-state index contributed by atoms with van der Waals surface area (Å²) in [5.74, 6) is -0.905. The van der Waals surface area contributed by atoms with Crippen molar-refractivity contribution in [3.05, 3.63) is 0 Å². The zero-order chi connectivity index (χ0) is 10.3. The summed E-state index contributed by atoms with van der Waals surface area (Å²) in [6.07, 6.45) is 4.58. The van der Waals surface area contributed by atoms with E-state index in [4.69, 9.17) is 10.8 Å². The second kappa shape index (κ2) is 7.21. The summed E-state index contributed by atoms with van der Waals surface area (Å²) in [7, 11) is 0. The number of aliphatic carboxylic acids is 1. The molecule has 0 aliphatic rings. The van der Waals surface area contributed by atoms with Crippen molar-refractivity contribution >= 4 is 18.6 Å². The van der Waals surface area contributed by atoms with E-state index in [9.17, 15) is 4.79 Å². The minimum absolute atomic E-state index is 0.445. The van der Waals surface area contributed by atoms with Crippen molar-refractivity contribution in [2.75, 3.05) is 0 Å². The Kier molecular flexibility index (Phi) is 7.09. The third kappa shape index (κ3) is 6.90. The van der Waals surface area contributed by atoms with E-state index in [-0.39, 0.29) is 0 Å². The molecule has 0 aromatic heterocycles. The van der Waals surface area contributed by atoms with Gasteiger partial charge in [-0.3, -0.25) is 4.79 Å². The molecule has 0 fully saturated rings. The summed E-state index contributed by atoms with van der Waals surface area (Å²) < 4.78 is 0. The van der Waals surface area contributed by atoms with Crippen LogP contribution in [0.5, 0.6) is 0 Å². The van der Waals surface area contributed by atoms with Crippen molar-refractivity contribution in [2.45, 2.75) is 50.3 Å². The second-order valence-corrected chi connectivity index (χ2v) is 4.02. The Balaban J connectivity index is 3.30. The van der Waals surface area contributed by atoms with Crippen molar-refractivity contribution in [3.8, 4) is 0 Å². The van der Waals surface area contributed by atoms with Crippen LogP contribution >= 0.6 is 12.6 Å². The van der Waals surface area contributed by atoms with Gasteiger partial charge in [-0.05, 0) is 19.3 Å². The zero-order valence-corrected chi connectivity index (χ0v) is 8.96. The van der Waals surface area contributed by atoms with Gasteiger partial charge in [0.15, 0.2) is 0 Å². The molecule has 13 heavy (non-hydrogen) atoms. The number of hydrogen-bond acceptors (Lipinski definition) is 3. The fourth-order valence-corrected chi connectivity index (χ4v) is 1.25. The van der Waals surface area contributed by atoms with E-state index >= 15 is 0 Å². The van der Waals surface area contributed by atoms with E-state index in [1.54, 1.807) is 0 Å². The van der Waals surface area contributed by atoms with Crippen LogP contribution in [0, 0.1) is 0 Å². The second-order valence-electron chi connectivity index (χ2n) is 3.29. The molecule has 0 rings (SSSR count). The van der Waals surface area contributed by atoms with Crippen LogP contribution < -0.4 is 5.73 Å². The molecule has 3 nitrogen and oxygen atoms in total. The summed E-state index contributed by atoms with van der Waals surface area (Å²) in [6.45, 7) is 2.10. The molecule has 78 valence electrons. The maximum absolute atomic E-state index is 10.3. The lowest BCUT2D eigenvalue weighted by molar-refractivity contribution is -0.138. The van der Waals surface area contributed by atoms with Crippen molar-refractivity contribution in [3.63, 3.8) is 0 Å². The van der Waals surface area contributed by atoms with Gasteiger partial charge in [0.25, 0.3) is 0 Å². The number of nitrogens with two attached hydrogens (primary N) is 1. The van der Waals surface area contributed by atoms with Gasteiger partial charge in [-0.1, -0.05) is 19.8 Å². The maximum atomic E-state index is 10.3. The van der Waals surface area contributed by atoms with E-state index in [2.05, 4.69) is 19.6 Å². The molecule has 0 aliphatic heterocycles. The van der Waals surface area contributed by atoms with Crippen LogP contribution in [0.2, 0.25) is 0 Å². The lowest BCUT2D eigenvalue weighted by atomic mass is 10.1. The van der Waals surface area contributed by atoms with Crippen LogP contribution in [0.4, 0.5) is 0 Å². The molecule has 0 heterocycles. The van der Waals surface area contributed by atoms with Crippen molar-refractivity contribution in [2.24, 2.45) is 5.73 Å². The highest BCUT2D eigenvalue weighted by molar-refractivity contribution is 7.80.